The molecule has 43 heavy (non-hydrogen) atoms. The fraction of sp³-hybridized carbons (Fsp3) is 0.125. The van der Waals surface area contributed by atoms with E-state index in [1.807, 2.05) is 0 Å². The average Bonchev–Trinajstić information content (AvgIpc) is 3.61. The Labute approximate surface area is 251 Å². The van der Waals surface area contributed by atoms with Crippen molar-refractivity contribution in [2.45, 2.75) is 32.1 Å². The van der Waals surface area contributed by atoms with Crippen molar-refractivity contribution in [3.8, 4) is 28.2 Å². The van der Waals surface area contributed by atoms with Crippen LogP contribution < -0.4 is 0 Å². The Bertz CT molecular complexity index is 2290. The predicted octanol–water partition coefficient (Wildman–Crippen LogP) is 10.3. The molecule has 0 bridgehead atoms. The number of para-hydroxylation sites is 4. The molecule has 3 heterocycles. The maximum atomic E-state index is 5.06. The molecule has 0 saturated heterocycles. The molecular formula is C40H31N3. The van der Waals surface area contributed by atoms with Gasteiger partial charge in [-0.05, 0) is 77.6 Å². The van der Waals surface area contributed by atoms with E-state index in [1.54, 1.807) is 5.57 Å². The number of benzene rings is 5. The summed E-state index contributed by atoms with van der Waals surface area (Å²) in [5.74, 6) is 0.954. The topological polar surface area (TPSA) is 22.8 Å². The van der Waals surface area contributed by atoms with Crippen molar-refractivity contribution in [3.05, 3.63) is 139 Å². The third-order valence-corrected chi connectivity index (χ3v) is 9.65. The Hall–Kier alpha value is -5.15. The number of imidazole rings is 1. The Balaban J connectivity index is 1.18. The van der Waals surface area contributed by atoms with Gasteiger partial charge in [0.05, 0.1) is 22.1 Å². The summed E-state index contributed by atoms with van der Waals surface area (Å²) < 4.78 is 4.78. The molecule has 0 amide bonds. The summed E-state index contributed by atoms with van der Waals surface area (Å²) in [6, 6.07) is 41.6. The molecule has 9 rings (SSSR count). The smallest absolute Gasteiger partial charge is 0.145 e. The molecule has 0 saturated carbocycles. The van der Waals surface area contributed by atoms with Crippen LogP contribution in [0.25, 0.3) is 66.7 Å². The first-order valence-electron chi connectivity index (χ1n) is 15.2. The van der Waals surface area contributed by atoms with E-state index in [0.717, 1.165) is 41.0 Å². The molecule has 1 aliphatic carbocycles. The van der Waals surface area contributed by atoms with Crippen LogP contribution in [0.1, 0.15) is 32.3 Å². The normalized spacial score (nSPS) is 15.5. The van der Waals surface area contributed by atoms with E-state index >= 15 is 0 Å². The lowest BCUT2D eigenvalue weighted by atomic mass is 9.71. The van der Waals surface area contributed by atoms with E-state index in [9.17, 15) is 0 Å². The summed E-state index contributed by atoms with van der Waals surface area (Å²) in [7, 11) is 0. The molecule has 0 radical (unpaired) electrons. The van der Waals surface area contributed by atoms with Crippen LogP contribution in [0, 0.1) is 0 Å². The molecule has 0 N–H and O–H groups in total. The zero-order valence-electron chi connectivity index (χ0n) is 24.4. The van der Waals surface area contributed by atoms with E-state index in [-0.39, 0.29) is 5.41 Å². The van der Waals surface area contributed by atoms with E-state index in [2.05, 4.69) is 150 Å². The Morgan fingerprint density at radius 3 is 2.28 bits per heavy atom. The SMILES string of the molecule is CC1(C)C2=C(C=CCC2)n2c3ccc(-c4ccc(-c5nc6ccccc6n5-c5ccccc5)cc4)cc3c3cccc1c32. The van der Waals surface area contributed by atoms with Gasteiger partial charge in [0.25, 0.3) is 0 Å². The minimum Gasteiger partial charge on any atom is -0.309 e. The minimum atomic E-state index is 0.0267. The van der Waals surface area contributed by atoms with Crippen molar-refractivity contribution in [1.29, 1.82) is 0 Å². The van der Waals surface area contributed by atoms with Gasteiger partial charge < -0.3 is 4.57 Å². The molecule has 5 aromatic carbocycles. The third kappa shape index (κ3) is 3.45. The standard InChI is InChI=1S/C40H31N3/c1-40(2)32-14-6-8-17-36(32)43-35-24-23-28(25-31(35)30-13-10-15-33(40)38(30)43)26-19-21-27(22-20-26)39-41-34-16-7-9-18-37(34)42(39)29-11-4-3-5-12-29/h3-5,7-13,15-25H,6,14H2,1-2H3. The van der Waals surface area contributed by atoms with Gasteiger partial charge in [0.15, 0.2) is 0 Å². The van der Waals surface area contributed by atoms with Gasteiger partial charge in [-0.15, -0.1) is 0 Å². The quantitative estimate of drug-likeness (QED) is 0.213. The van der Waals surface area contributed by atoms with Crippen molar-refractivity contribution in [2.24, 2.45) is 0 Å². The summed E-state index contributed by atoms with van der Waals surface area (Å²) in [5, 5.41) is 2.65. The molecule has 1 aliphatic heterocycles. The largest absolute Gasteiger partial charge is 0.309 e. The molecule has 0 fully saturated rings. The first kappa shape index (κ1) is 24.4. The first-order chi connectivity index (χ1) is 21.1. The highest BCUT2D eigenvalue weighted by molar-refractivity contribution is 6.14. The molecule has 0 unspecified atom stereocenters. The van der Waals surface area contributed by atoms with Crippen molar-refractivity contribution in [3.63, 3.8) is 0 Å². The molecule has 3 nitrogen and oxygen atoms in total. The number of hydrogen-bond acceptors (Lipinski definition) is 1. The van der Waals surface area contributed by atoms with Crippen LogP contribution in [-0.2, 0) is 5.41 Å². The Morgan fingerprint density at radius 2 is 1.42 bits per heavy atom. The molecule has 3 heteroatoms. The highest BCUT2D eigenvalue weighted by Crippen LogP contribution is 2.50. The highest BCUT2D eigenvalue weighted by Gasteiger charge is 2.36. The van der Waals surface area contributed by atoms with Crippen molar-refractivity contribution < 1.29 is 0 Å². The second-order valence-corrected chi connectivity index (χ2v) is 12.4. The lowest BCUT2D eigenvalue weighted by Crippen LogP contribution is -2.28. The van der Waals surface area contributed by atoms with Crippen molar-refractivity contribution in [2.75, 3.05) is 0 Å². The number of allylic oxidation sites excluding steroid dienone is 4. The molecule has 0 atom stereocenters. The fourth-order valence-corrected chi connectivity index (χ4v) is 7.53. The monoisotopic (exact) mass is 553 g/mol. The summed E-state index contributed by atoms with van der Waals surface area (Å²) >= 11 is 0. The van der Waals surface area contributed by atoms with Crippen molar-refractivity contribution >= 4 is 38.5 Å². The van der Waals surface area contributed by atoms with Gasteiger partial charge in [-0.1, -0.05) is 98.8 Å². The minimum absolute atomic E-state index is 0.0267. The molecule has 7 aromatic rings. The number of nitrogens with zero attached hydrogens (tertiary/aromatic N) is 3. The average molecular weight is 554 g/mol. The van der Waals surface area contributed by atoms with Gasteiger partial charge in [0.2, 0.25) is 0 Å². The number of aromatic nitrogens is 3. The van der Waals surface area contributed by atoms with E-state index in [1.165, 1.54) is 44.2 Å². The van der Waals surface area contributed by atoms with Crippen molar-refractivity contribution in [1.82, 2.24) is 14.1 Å². The van der Waals surface area contributed by atoms with Crippen LogP contribution in [0.2, 0.25) is 0 Å². The molecule has 2 aromatic heterocycles. The molecule has 206 valence electrons. The van der Waals surface area contributed by atoms with E-state index in [0.29, 0.717) is 0 Å². The molecular weight excluding hydrogens is 522 g/mol. The summed E-state index contributed by atoms with van der Waals surface area (Å²) in [4.78, 5) is 5.06. The molecule has 0 spiro atoms. The second kappa shape index (κ2) is 8.92. The Kier molecular flexibility index (Phi) is 5.07. The van der Waals surface area contributed by atoms with Crippen LogP contribution >= 0.6 is 0 Å². The van der Waals surface area contributed by atoms with Gasteiger partial charge in [0, 0.05) is 33.1 Å². The van der Waals surface area contributed by atoms with Crippen LogP contribution in [0.5, 0.6) is 0 Å². The zero-order chi connectivity index (χ0) is 28.7. The second-order valence-electron chi connectivity index (χ2n) is 12.4. The van der Waals surface area contributed by atoms with Crippen LogP contribution in [0.4, 0.5) is 0 Å². The van der Waals surface area contributed by atoms with Gasteiger partial charge >= 0.3 is 0 Å². The third-order valence-electron chi connectivity index (χ3n) is 9.65. The van der Waals surface area contributed by atoms with E-state index in [4.69, 9.17) is 4.98 Å². The maximum absolute atomic E-state index is 5.06. The highest BCUT2D eigenvalue weighted by atomic mass is 15.1. The number of rotatable bonds is 3. The fourth-order valence-electron chi connectivity index (χ4n) is 7.53. The maximum Gasteiger partial charge on any atom is 0.145 e. The summed E-state index contributed by atoms with van der Waals surface area (Å²) in [6.07, 6.45) is 6.93. The van der Waals surface area contributed by atoms with Gasteiger partial charge in [-0.2, -0.15) is 0 Å². The van der Waals surface area contributed by atoms with E-state index < -0.39 is 0 Å². The summed E-state index contributed by atoms with van der Waals surface area (Å²) in [5.41, 5.74) is 13.8. The molecule has 2 aliphatic rings. The van der Waals surface area contributed by atoms with Gasteiger partial charge in [-0.3, -0.25) is 4.57 Å². The van der Waals surface area contributed by atoms with Gasteiger partial charge in [-0.25, -0.2) is 4.98 Å². The van der Waals surface area contributed by atoms with Crippen LogP contribution in [0.15, 0.2) is 133 Å². The lowest BCUT2D eigenvalue weighted by Gasteiger charge is -2.37. The number of fused-ring (bicyclic) bond motifs is 5. The van der Waals surface area contributed by atoms with Crippen LogP contribution in [-0.4, -0.2) is 14.1 Å². The van der Waals surface area contributed by atoms with Gasteiger partial charge in [0.1, 0.15) is 5.82 Å². The summed E-state index contributed by atoms with van der Waals surface area (Å²) in [6.45, 7) is 4.80. The predicted molar refractivity (Wildman–Crippen MR) is 180 cm³/mol. The number of hydrogen-bond donors (Lipinski definition) is 0. The van der Waals surface area contributed by atoms with Crippen LogP contribution in [0.3, 0.4) is 0 Å². The first-order valence-corrected chi connectivity index (χ1v) is 15.2. The Morgan fingerprint density at radius 1 is 0.651 bits per heavy atom. The zero-order valence-corrected chi connectivity index (χ0v) is 24.4. The lowest BCUT2D eigenvalue weighted by molar-refractivity contribution is 0.585.